The van der Waals surface area contributed by atoms with Crippen LogP contribution in [0.5, 0.6) is 0 Å². The molecule has 5 heteroatoms. The Labute approximate surface area is 151 Å². The number of carbonyl (C=O) groups is 1. The number of halogens is 1. The van der Waals surface area contributed by atoms with Crippen LogP contribution in [0.2, 0.25) is 0 Å². The average molecular weight is 357 g/mol. The molecule has 0 radical (unpaired) electrons. The predicted molar refractivity (Wildman–Crippen MR) is 97.9 cm³/mol. The molecule has 0 aliphatic carbocycles. The molecule has 1 atom stereocenters. The van der Waals surface area contributed by atoms with E-state index in [2.05, 4.69) is 0 Å². The lowest BCUT2D eigenvalue weighted by Gasteiger charge is -2.19. The standard InChI is InChI=1S/C20H20FNO2S/c21-15-8-7-14-9-10-22(18(14)12-15)20(23)17-5-1-2-6-19(17)25-13-16-4-3-11-24-16/h1-2,5-8,12,16H,3-4,9-11,13H2/t16-/m1/s1. The highest BCUT2D eigenvalue weighted by Gasteiger charge is 2.27. The lowest BCUT2D eigenvalue weighted by Crippen LogP contribution is -2.29. The number of ether oxygens (including phenoxy) is 1. The Bertz CT molecular complexity index is 789. The molecule has 3 nitrogen and oxygen atoms in total. The van der Waals surface area contributed by atoms with Crippen LogP contribution < -0.4 is 4.90 Å². The van der Waals surface area contributed by atoms with E-state index in [4.69, 9.17) is 4.74 Å². The zero-order valence-corrected chi connectivity index (χ0v) is 14.7. The smallest absolute Gasteiger partial charge is 0.259 e. The van der Waals surface area contributed by atoms with Crippen molar-refractivity contribution in [3.8, 4) is 0 Å². The van der Waals surface area contributed by atoms with Gasteiger partial charge in [-0.25, -0.2) is 4.39 Å². The molecule has 2 heterocycles. The number of fused-ring (bicyclic) bond motifs is 1. The number of rotatable bonds is 4. The SMILES string of the molecule is O=C(c1ccccc1SC[C@H]1CCCO1)N1CCc2ccc(F)cc21. The summed E-state index contributed by atoms with van der Waals surface area (Å²) in [6.07, 6.45) is 3.24. The molecule has 25 heavy (non-hydrogen) atoms. The number of hydrogen-bond acceptors (Lipinski definition) is 3. The summed E-state index contributed by atoms with van der Waals surface area (Å²) in [5, 5.41) is 0. The number of carbonyl (C=O) groups excluding carboxylic acids is 1. The molecule has 1 fully saturated rings. The van der Waals surface area contributed by atoms with Gasteiger partial charge in [-0.05, 0) is 49.1 Å². The Morgan fingerprint density at radius 3 is 3.00 bits per heavy atom. The first-order chi connectivity index (χ1) is 12.2. The van der Waals surface area contributed by atoms with Gasteiger partial charge in [0.15, 0.2) is 0 Å². The number of hydrogen-bond donors (Lipinski definition) is 0. The maximum Gasteiger partial charge on any atom is 0.259 e. The van der Waals surface area contributed by atoms with Crippen molar-refractivity contribution in [1.29, 1.82) is 0 Å². The van der Waals surface area contributed by atoms with Gasteiger partial charge in [-0.1, -0.05) is 18.2 Å². The Morgan fingerprint density at radius 2 is 2.16 bits per heavy atom. The minimum Gasteiger partial charge on any atom is -0.377 e. The highest BCUT2D eigenvalue weighted by Crippen LogP contribution is 2.33. The van der Waals surface area contributed by atoms with Crippen molar-refractivity contribution in [2.24, 2.45) is 0 Å². The molecular formula is C20H20FNO2S. The first-order valence-electron chi connectivity index (χ1n) is 8.66. The largest absolute Gasteiger partial charge is 0.377 e. The Kier molecular flexibility index (Phi) is 4.77. The molecule has 0 spiro atoms. The third-order valence-electron chi connectivity index (χ3n) is 4.75. The summed E-state index contributed by atoms with van der Waals surface area (Å²) in [7, 11) is 0. The third kappa shape index (κ3) is 3.44. The van der Waals surface area contributed by atoms with Crippen molar-refractivity contribution in [2.75, 3.05) is 23.8 Å². The van der Waals surface area contributed by atoms with E-state index in [1.807, 2.05) is 24.3 Å². The van der Waals surface area contributed by atoms with E-state index in [-0.39, 0.29) is 17.8 Å². The summed E-state index contributed by atoms with van der Waals surface area (Å²) in [5.41, 5.74) is 2.41. The van der Waals surface area contributed by atoms with E-state index >= 15 is 0 Å². The van der Waals surface area contributed by atoms with E-state index in [0.717, 1.165) is 42.1 Å². The second kappa shape index (κ2) is 7.18. The van der Waals surface area contributed by atoms with Crippen molar-refractivity contribution in [3.63, 3.8) is 0 Å². The van der Waals surface area contributed by atoms with Gasteiger partial charge in [0.2, 0.25) is 0 Å². The number of amides is 1. The molecule has 1 saturated heterocycles. The van der Waals surface area contributed by atoms with Gasteiger partial charge in [-0.2, -0.15) is 0 Å². The molecule has 0 bridgehead atoms. The Morgan fingerprint density at radius 1 is 1.28 bits per heavy atom. The van der Waals surface area contributed by atoms with Crippen molar-refractivity contribution in [3.05, 3.63) is 59.4 Å². The highest BCUT2D eigenvalue weighted by molar-refractivity contribution is 7.99. The molecule has 2 aliphatic rings. The van der Waals surface area contributed by atoms with Crippen LogP contribution >= 0.6 is 11.8 Å². The van der Waals surface area contributed by atoms with E-state index in [0.29, 0.717) is 17.8 Å². The fourth-order valence-electron chi connectivity index (χ4n) is 3.44. The van der Waals surface area contributed by atoms with Gasteiger partial charge >= 0.3 is 0 Å². The summed E-state index contributed by atoms with van der Waals surface area (Å²) in [6, 6.07) is 12.4. The second-order valence-corrected chi connectivity index (χ2v) is 7.48. The van der Waals surface area contributed by atoms with Crippen LogP contribution in [0.3, 0.4) is 0 Å². The lowest BCUT2D eigenvalue weighted by molar-refractivity contribution is 0.0986. The number of thioether (sulfide) groups is 1. The van der Waals surface area contributed by atoms with Crippen LogP contribution in [-0.2, 0) is 11.2 Å². The zero-order valence-electron chi connectivity index (χ0n) is 13.9. The molecule has 0 N–H and O–H groups in total. The first-order valence-corrected chi connectivity index (χ1v) is 9.64. The van der Waals surface area contributed by atoms with Crippen molar-refractivity contribution >= 4 is 23.4 Å². The van der Waals surface area contributed by atoms with Crippen molar-refractivity contribution in [2.45, 2.75) is 30.3 Å². The molecule has 1 amide bonds. The van der Waals surface area contributed by atoms with Crippen LogP contribution in [0.25, 0.3) is 0 Å². The monoisotopic (exact) mass is 357 g/mol. The maximum absolute atomic E-state index is 13.6. The van der Waals surface area contributed by atoms with E-state index in [1.165, 1.54) is 12.1 Å². The minimum absolute atomic E-state index is 0.0557. The van der Waals surface area contributed by atoms with E-state index < -0.39 is 0 Å². The zero-order chi connectivity index (χ0) is 17.2. The van der Waals surface area contributed by atoms with Gasteiger partial charge < -0.3 is 9.64 Å². The normalized spacial score (nSPS) is 19.2. The summed E-state index contributed by atoms with van der Waals surface area (Å²) in [4.78, 5) is 15.8. The summed E-state index contributed by atoms with van der Waals surface area (Å²) >= 11 is 1.67. The molecule has 2 aliphatic heterocycles. The van der Waals surface area contributed by atoms with Gasteiger partial charge in [-0.3, -0.25) is 4.79 Å². The van der Waals surface area contributed by atoms with Crippen LogP contribution in [0.4, 0.5) is 10.1 Å². The lowest BCUT2D eigenvalue weighted by atomic mass is 10.1. The molecule has 0 unspecified atom stereocenters. The van der Waals surface area contributed by atoms with E-state index in [1.54, 1.807) is 22.7 Å². The van der Waals surface area contributed by atoms with Crippen molar-refractivity contribution in [1.82, 2.24) is 0 Å². The topological polar surface area (TPSA) is 29.5 Å². The minimum atomic E-state index is -0.306. The maximum atomic E-state index is 13.6. The second-order valence-electron chi connectivity index (χ2n) is 6.42. The summed E-state index contributed by atoms with van der Waals surface area (Å²) in [5.74, 6) is 0.495. The molecule has 4 rings (SSSR count). The van der Waals surface area contributed by atoms with Gasteiger partial charge in [0, 0.05) is 23.8 Å². The fourth-order valence-corrected chi connectivity index (χ4v) is 4.55. The number of benzene rings is 2. The quantitative estimate of drug-likeness (QED) is 0.764. The van der Waals surface area contributed by atoms with Gasteiger partial charge in [0.1, 0.15) is 5.82 Å². The highest BCUT2D eigenvalue weighted by atomic mass is 32.2. The first kappa shape index (κ1) is 16.6. The van der Waals surface area contributed by atoms with E-state index in [9.17, 15) is 9.18 Å². The molecule has 2 aromatic rings. The van der Waals surface area contributed by atoms with Gasteiger partial charge in [0.05, 0.1) is 17.4 Å². The molecule has 2 aromatic carbocycles. The number of nitrogens with zero attached hydrogens (tertiary/aromatic N) is 1. The van der Waals surface area contributed by atoms with Gasteiger partial charge in [-0.15, -0.1) is 11.8 Å². The molecule has 130 valence electrons. The van der Waals surface area contributed by atoms with Gasteiger partial charge in [0.25, 0.3) is 5.91 Å². The van der Waals surface area contributed by atoms with Crippen LogP contribution in [0.15, 0.2) is 47.4 Å². The van der Waals surface area contributed by atoms with Crippen LogP contribution in [0, 0.1) is 5.82 Å². The number of anilines is 1. The third-order valence-corrected chi connectivity index (χ3v) is 5.96. The predicted octanol–water partition coefficient (Wildman–Crippen LogP) is 4.30. The fraction of sp³-hybridized carbons (Fsp3) is 0.350. The average Bonchev–Trinajstić information content (AvgIpc) is 3.29. The van der Waals surface area contributed by atoms with Crippen molar-refractivity contribution < 1.29 is 13.9 Å². The Hall–Kier alpha value is -1.85. The van der Waals surface area contributed by atoms with Crippen LogP contribution in [-0.4, -0.2) is 30.9 Å². The Balaban J connectivity index is 1.56. The summed E-state index contributed by atoms with van der Waals surface area (Å²) in [6.45, 7) is 1.43. The van der Waals surface area contributed by atoms with Crippen LogP contribution in [0.1, 0.15) is 28.8 Å². The molecular weight excluding hydrogens is 337 g/mol. The molecule has 0 saturated carbocycles. The molecule has 0 aromatic heterocycles. The summed E-state index contributed by atoms with van der Waals surface area (Å²) < 4.78 is 19.3.